The second-order valence-electron chi connectivity index (χ2n) is 6.99. The van der Waals surface area contributed by atoms with Crippen molar-refractivity contribution in [1.29, 1.82) is 0 Å². The Kier molecular flexibility index (Phi) is 6.11. The molecule has 9 heteroatoms. The Morgan fingerprint density at radius 2 is 1.78 bits per heavy atom. The molecule has 2 fully saturated rings. The summed E-state index contributed by atoms with van der Waals surface area (Å²) in [6, 6.07) is 4.86. The van der Waals surface area contributed by atoms with Gasteiger partial charge >= 0.3 is 6.03 Å². The predicted molar refractivity (Wildman–Crippen MR) is 103 cm³/mol. The molecule has 1 aromatic carbocycles. The maximum Gasteiger partial charge on any atom is 0.319 e. The number of carbonyl (C=O) groups is 1. The zero-order valence-corrected chi connectivity index (χ0v) is 16.5. The Morgan fingerprint density at radius 3 is 2.37 bits per heavy atom. The zero-order chi connectivity index (χ0) is 19.4. The molecule has 1 aliphatic heterocycles. The Bertz CT molecular complexity index is 771. The summed E-state index contributed by atoms with van der Waals surface area (Å²) >= 11 is 0. The molecule has 2 aliphatic rings. The van der Waals surface area contributed by atoms with Crippen LogP contribution in [0.3, 0.4) is 0 Å². The van der Waals surface area contributed by atoms with Crippen LogP contribution in [0.25, 0.3) is 0 Å². The highest BCUT2D eigenvalue weighted by molar-refractivity contribution is 7.90. The van der Waals surface area contributed by atoms with Gasteiger partial charge in [-0.1, -0.05) is 0 Å². The maximum absolute atomic E-state index is 12.2. The molecule has 0 atom stereocenters. The van der Waals surface area contributed by atoms with Gasteiger partial charge in [-0.05, 0) is 43.7 Å². The van der Waals surface area contributed by atoms with Crippen LogP contribution in [-0.2, 0) is 10.0 Å². The first-order valence-corrected chi connectivity index (χ1v) is 10.7. The number of amides is 2. The van der Waals surface area contributed by atoms with E-state index in [1.54, 1.807) is 29.6 Å². The van der Waals surface area contributed by atoms with Gasteiger partial charge in [-0.15, -0.1) is 0 Å². The van der Waals surface area contributed by atoms with Crippen molar-refractivity contribution < 1.29 is 22.7 Å². The standard InChI is InChI=1S/C18H27N3O5S/c1-25-16-6-3-14(11-17(16)26-2)20-18(22)19-12-13-7-9-21(10-8-13)27(23,24)15-4-5-15/h3,6,11,13,15H,4-5,7-10,12H2,1-2H3,(H2,19,20,22). The fraction of sp³-hybridized carbons (Fsp3) is 0.611. The number of piperidine rings is 1. The van der Waals surface area contributed by atoms with Gasteiger partial charge < -0.3 is 20.1 Å². The highest BCUT2D eigenvalue weighted by Crippen LogP contribution is 2.33. The Morgan fingerprint density at radius 1 is 1.11 bits per heavy atom. The van der Waals surface area contributed by atoms with Crippen molar-refractivity contribution in [2.45, 2.75) is 30.9 Å². The van der Waals surface area contributed by atoms with Gasteiger partial charge in [0.1, 0.15) is 0 Å². The number of benzene rings is 1. The second-order valence-corrected chi connectivity index (χ2v) is 9.20. The number of methoxy groups -OCH3 is 2. The van der Waals surface area contributed by atoms with Gasteiger partial charge in [0, 0.05) is 31.4 Å². The minimum Gasteiger partial charge on any atom is -0.493 e. The fourth-order valence-electron chi connectivity index (χ4n) is 3.27. The number of urea groups is 1. The normalized spacial score (nSPS) is 18.7. The molecule has 0 radical (unpaired) electrons. The second kappa shape index (κ2) is 8.35. The summed E-state index contributed by atoms with van der Waals surface area (Å²) in [4.78, 5) is 12.1. The zero-order valence-electron chi connectivity index (χ0n) is 15.7. The van der Waals surface area contributed by atoms with E-state index in [-0.39, 0.29) is 17.2 Å². The van der Waals surface area contributed by atoms with Gasteiger partial charge in [0.15, 0.2) is 11.5 Å². The third kappa shape index (κ3) is 4.84. The number of nitrogens with one attached hydrogen (secondary N) is 2. The molecular formula is C18H27N3O5S. The van der Waals surface area contributed by atoms with E-state index in [1.165, 1.54) is 7.11 Å². The third-order valence-corrected chi connectivity index (χ3v) is 7.47. The summed E-state index contributed by atoms with van der Waals surface area (Å²) in [7, 11) is 0.00849. The van der Waals surface area contributed by atoms with Crippen molar-refractivity contribution in [1.82, 2.24) is 9.62 Å². The molecule has 1 saturated heterocycles. The van der Waals surface area contributed by atoms with E-state index in [2.05, 4.69) is 10.6 Å². The maximum atomic E-state index is 12.2. The smallest absolute Gasteiger partial charge is 0.319 e. The number of hydrogen-bond donors (Lipinski definition) is 2. The van der Waals surface area contributed by atoms with Crippen LogP contribution in [0.15, 0.2) is 18.2 Å². The third-order valence-electron chi connectivity index (χ3n) is 5.07. The summed E-state index contributed by atoms with van der Waals surface area (Å²) in [6.45, 7) is 1.61. The minimum absolute atomic E-state index is 0.153. The highest BCUT2D eigenvalue weighted by atomic mass is 32.2. The quantitative estimate of drug-likeness (QED) is 0.734. The molecule has 8 nitrogen and oxygen atoms in total. The van der Waals surface area contributed by atoms with Crippen molar-refractivity contribution in [3.63, 3.8) is 0 Å². The Hall–Kier alpha value is -2.00. The van der Waals surface area contributed by atoms with Crippen LogP contribution in [0.5, 0.6) is 11.5 Å². The van der Waals surface area contributed by atoms with Crippen molar-refractivity contribution in [2.75, 3.05) is 39.2 Å². The van der Waals surface area contributed by atoms with E-state index in [1.807, 2.05) is 0 Å². The molecule has 3 rings (SSSR count). The van der Waals surface area contributed by atoms with Crippen LogP contribution in [0.2, 0.25) is 0 Å². The Labute approximate surface area is 160 Å². The molecule has 2 amide bonds. The minimum atomic E-state index is -3.09. The fourth-order valence-corrected chi connectivity index (χ4v) is 5.14. The average Bonchev–Trinajstić information content (AvgIpc) is 3.52. The molecule has 2 N–H and O–H groups in total. The first-order chi connectivity index (χ1) is 12.9. The van der Waals surface area contributed by atoms with E-state index in [9.17, 15) is 13.2 Å². The van der Waals surface area contributed by atoms with Crippen molar-refractivity contribution in [3.05, 3.63) is 18.2 Å². The van der Waals surface area contributed by atoms with Crippen LogP contribution in [0, 0.1) is 5.92 Å². The lowest BCUT2D eigenvalue weighted by Gasteiger charge is -2.31. The molecule has 0 bridgehead atoms. The molecular weight excluding hydrogens is 370 g/mol. The molecule has 0 spiro atoms. The molecule has 1 aromatic rings. The van der Waals surface area contributed by atoms with Gasteiger partial charge in [0.2, 0.25) is 10.0 Å². The van der Waals surface area contributed by atoms with E-state index < -0.39 is 10.0 Å². The molecule has 0 aromatic heterocycles. The van der Waals surface area contributed by atoms with E-state index in [0.29, 0.717) is 36.8 Å². The van der Waals surface area contributed by atoms with Crippen LogP contribution in [0.1, 0.15) is 25.7 Å². The topological polar surface area (TPSA) is 97.0 Å². The summed E-state index contributed by atoms with van der Waals surface area (Å²) in [5, 5.41) is 5.48. The van der Waals surface area contributed by atoms with Gasteiger partial charge in [0.05, 0.1) is 19.5 Å². The number of nitrogens with zero attached hydrogens (tertiary/aromatic N) is 1. The molecule has 1 saturated carbocycles. The molecule has 0 unspecified atom stereocenters. The first-order valence-electron chi connectivity index (χ1n) is 9.20. The van der Waals surface area contributed by atoms with Gasteiger partial charge in [0.25, 0.3) is 0 Å². The summed E-state index contributed by atoms with van der Waals surface area (Å²) < 4.78 is 36.5. The lowest BCUT2D eigenvalue weighted by molar-refractivity contribution is 0.240. The first kappa shape index (κ1) is 19.8. The van der Waals surface area contributed by atoms with Crippen molar-refractivity contribution in [3.8, 4) is 11.5 Å². The predicted octanol–water partition coefficient (Wildman–Crippen LogP) is 2.03. The number of sulfonamides is 1. The lowest BCUT2D eigenvalue weighted by Crippen LogP contribution is -2.43. The largest absolute Gasteiger partial charge is 0.493 e. The van der Waals surface area contributed by atoms with E-state index in [0.717, 1.165) is 25.7 Å². The SMILES string of the molecule is COc1ccc(NC(=O)NCC2CCN(S(=O)(=O)C3CC3)CC2)cc1OC. The molecule has 27 heavy (non-hydrogen) atoms. The lowest BCUT2D eigenvalue weighted by atomic mass is 9.98. The number of carbonyl (C=O) groups excluding carboxylic acids is 1. The number of rotatable bonds is 7. The summed E-state index contributed by atoms with van der Waals surface area (Å²) in [6.07, 6.45) is 3.12. The molecule has 1 heterocycles. The summed E-state index contributed by atoms with van der Waals surface area (Å²) in [5.41, 5.74) is 0.607. The average molecular weight is 397 g/mol. The van der Waals surface area contributed by atoms with E-state index >= 15 is 0 Å². The van der Waals surface area contributed by atoms with Crippen LogP contribution < -0.4 is 20.1 Å². The number of ether oxygens (including phenoxy) is 2. The van der Waals surface area contributed by atoms with Gasteiger partial charge in [-0.3, -0.25) is 0 Å². The highest BCUT2D eigenvalue weighted by Gasteiger charge is 2.41. The van der Waals surface area contributed by atoms with Crippen molar-refractivity contribution in [2.24, 2.45) is 5.92 Å². The number of anilines is 1. The number of hydrogen-bond acceptors (Lipinski definition) is 5. The molecule has 150 valence electrons. The van der Waals surface area contributed by atoms with Crippen LogP contribution in [0.4, 0.5) is 10.5 Å². The van der Waals surface area contributed by atoms with Crippen LogP contribution >= 0.6 is 0 Å². The van der Waals surface area contributed by atoms with E-state index in [4.69, 9.17) is 9.47 Å². The van der Waals surface area contributed by atoms with Crippen molar-refractivity contribution >= 4 is 21.7 Å². The Balaban J connectivity index is 1.43. The molecule has 1 aliphatic carbocycles. The summed E-state index contributed by atoms with van der Waals surface area (Å²) in [5.74, 6) is 1.42. The monoisotopic (exact) mass is 397 g/mol. The van der Waals surface area contributed by atoms with Gasteiger partial charge in [-0.2, -0.15) is 0 Å². The van der Waals surface area contributed by atoms with Crippen LogP contribution in [-0.4, -0.2) is 57.9 Å². The van der Waals surface area contributed by atoms with Gasteiger partial charge in [-0.25, -0.2) is 17.5 Å².